The second-order valence-corrected chi connectivity index (χ2v) is 32.2. The van der Waals surface area contributed by atoms with Gasteiger partial charge >= 0.3 is 0 Å². The van der Waals surface area contributed by atoms with Crippen molar-refractivity contribution in [3.63, 3.8) is 0 Å². The summed E-state index contributed by atoms with van der Waals surface area (Å²) < 4.78 is 23.6. The molecule has 0 spiro atoms. The number of benzene rings is 6. The van der Waals surface area contributed by atoms with Gasteiger partial charge in [-0.3, -0.25) is 19.3 Å². The van der Waals surface area contributed by atoms with Gasteiger partial charge in [-0.2, -0.15) is 15.3 Å². The van der Waals surface area contributed by atoms with Crippen molar-refractivity contribution in [3.8, 4) is 68.3 Å². The van der Waals surface area contributed by atoms with Crippen LogP contribution < -0.4 is 42.0 Å². The third kappa shape index (κ3) is 20.3. The average molecular weight is 1630 g/mol. The molecule has 624 valence electrons. The number of para-hydroxylation sites is 3. The summed E-state index contributed by atoms with van der Waals surface area (Å²) in [6.07, 6.45) is 36.4. The number of likely N-dealkylation sites (N-methyl/N-ethyl adjacent to an activating group) is 1. The lowest BCUT2D eigenvalue weighted by Gasteiger charge is -2.32. The fourth-order valence-electron chi connectivity index (χ4n) is 17.5. The molecule has 3 atom stereocenters. The Kier molecular flexibility index (Phi) is 26.7. The topological polar surface area (TPSA) is 325 Å². The summed E-state index contributed by atoms with van der Waals surface area (Å²) in [5.41, 5.74) is 25.9. The number of nitrogen functional groups attached to an aromatic ring is 3. The molecular weight excluding hydrogens is 1520 g/mol. The van der Waals surface area contributed by atoms with Crippen LogP contribution in [0, 0.1) is 0 Å². The molecule has 3 amide bonds. The van der Waals surface area contributed by atoms with Gasteiger partial charge in [-0.15, -0.1) is 0 Å². The van der Waals surface area contributed by atoms with Crippen LogP contribution in [0.4, 0.5) is 17.5 Å². The van der Waals surface area contributed by atoms with E-state index in [1.807, 2.05) is 211 Å². The van der Waals surface area contributed by atoms with E-state index in [2.05, 4.69) is 52.5 Å². The molecule has 3 unspecified atom stereocenters. The van der Waals surface area contributed by atoms with Crippen molar-refractivity contribution < 1.29 is 28.6 Å². The molecule has 9 heterocycles. The first kappa shape index (κ1) is 82.0. The van der Waals surface area contributed by atoms with E-state index >= 15 is 0 Å². The maximum atomic E-state index is 13.1. The van der Waals surface area contributed by atoms with Gasteiger partial charge < -0.3 is 56.7 Å². The standard InChI is InChI=1S/C32H37N7O2.2C31H35N7O2/c1-37(24-9-5-6-10-24)19-8-14-28(40)38-20-7-11-25(21-38)39-32-29(31(33)34-22-35-32)30(36-39)23-15-17-27(18-16-23)41-26-12-3-2-4-13-26;32-30-28-29(22-13-15-26(16-14-22)40-25-10-5-2-6-11-25)36-38(31(28)35-21-34-30)24-17-19-37(20-24)27(39)12-7-18-33-23-8-3-1-4-9-23;32-30-28-29(22-14-16-26(17-15-22)40-25-11-2-1-3-12-25)36-38(31(28)35-21-34-30)24-10-7-19-37(20-24)27(39)13-6-18-33-23-8-4-5-9-23/h2-4,8,12-18,22,24-25H,5-7,9-11,19-21H2,1H3,(H2,33,34,35);2,5-7,10-16,21,23-24,33H,1,3-4,8-9,17-20H2,(H2,32,34,35);1-3,6,11-17,21,23-24,33H,4-5,7-10,18-20H2,(H2,32,34,35)/b14-8+;12-7+;13-6+. The third-order valence-electron chi connectivity index (χ3n) is 23.9. The van der Waals surface area contributed by atoms with E-state index in [0.717, 1.165) is 149 Å². The number of piperidine rings is 2. The average Bonchev–Trinajstić information content (AvgIpc) is 1.61. The molecule has 27 nitrogen and oxygen atoms in total. The fraction of sp³-hybridized carbons (Fsp3) is 0.362. The molecule has 0 bridgehead atoms. The number of hydrogen-bond donors (Lipinski definition) is 5. The SMILES string of the molecule is CN(C/C=C/C(=O)N1CCCC(n2nc(-c3ccc(Oc4ccccc4)cc3)c3c(N)ncnc32)C1)C1CCCC1.Nc1ncnc2c1c(-c1ccc(Oc3ccccc3)cc1)nn2C1CCCN(C(=O)/C=C/CNC2CCCC2)C1.Nc1ncnc2c1c(-c1ccc(Oc3ccccc3)cc1)nn2C1CCN(C(=O)/C=C/CNC2CCCCC2)C1. The summed E-state index contributed by atoms with van der Waals surface area (Å²) in [6.45, 7) is 6.13. The van der Waals surface area contributed by atoms with Crippen LogP contribution in [0.3, 0.4) is 0 Å². The number of nitrogens with one attached hydrogen (secondary N) is 2. The second kappa shape index (κ2) is 39.4. The molecule has 6 fully saturated rings. The zero-order valence-corrected chi connectivity index (χ0v) is 68.7. The van der Waals surface area contributed by atoms with Gasteiger partial charge in [-0.05, 0) is 187 Å². The second-order valence-electron chi connectivity index (χ2n) is 32.2. The smallest absolute Gasteiger partial charge is 0.246 e. The molecule has 6 aromatic carbocycles. The zero-order valence-electron chi connectivity index (χ0n) is 68.7. The van der Waals surface area contributed by atoms with Crippen molar-refractivity contribution in [3.05, 3.63) is 219 Å². The highest BCUT2D eigenvalue weighted by molar-refractivity contribution is 6.00. The minimum absolute atomic E-state index is 0.00366. The first-order valence-electron chi connectivity index (χ1n) is 42.9. The molecule has 6 aliphatic rings. The third-order valence-corrected chi connectivity index (χ3v) is 23.9. The lowest BCUT2D eigenvalue weighted by atomic mass is 9.95. The van der Waals surface area contributed by atoms with Gasteiger partial charge in [-0.25, -0.2) is 43.9 Å². The van der Waals surface area contributed by atoms with Crippen LogP contribution in [0.2, 0.25) is 0 Å². The molecule has 0 radical (unpaired) electrons. The summed E-state index contributed by atoms with van der Waals surface area (Å²) in [5.74, 6) is 5.81. The lowest BCUT2D eigenvalue weighted by Crippen LogP contribution is -2.40. The number of carbonyl (C=O) groups is 3. The molecule has 3 saturated carbocycles. The van der Waals surface area contributed by atoms with E-state index in [1.165, 1.54) is 102 Å². The van der Waals surface area contributed by atoms with Crippen LogP contribution in [0.15, 0.2) is 219 Å². The zero-order chi connectivity index (χ0) is 82.8. The minimum atomic E-state index is -0.00602. The van der Waals surface area contributed by atoms with Crippen LogP contribution in [-0.4, -0.2) is 181 Å². The lowest BCUT2D eigenvalue weighted by molar-refractivity contribution is -0.128. The number of amides is 3. The Morgan fingerprint density at radius 3 is 1.07 bits per heavy atom. The number of anilines is 3. The number of likely N-dealkylation sites (tertiary alicyclic amines) is 3. The summed E-state index contributed by atoms with van der Waals surface area (Å²) in [6, 6.07) is 54.1. The maximum absolute atomic E-state index is 13.1. The number of fused-ring (bicyclic) bond motifs is 3. The molecule has 3 saturated heterocycles. The number of ether oxygens (including phenoxy) is 3. The maximum Gasteiger partial charge on any atom is 0.246 e. The van der Waals surface area contributed by atoms with Crippen molar-refractivity contribution in [2.75, 3.05) is 83.2 Å². The highest BCUT2D eigenvalue weighted by Crippen LogP contribution is 2.40. The molecule has 3 aliphatic carbocycles. The Morgan fingerprint density at radius 1 is 0.380 bits per heavy atom. The van der Waals surface area contributed by atoms with Gasteiger partial charge in [0.25, 0.3) is 0 Å². The quantitative estimate of drug-likeness (QED) is 0.0351. The van der Waals surface area contributed by atoms with Gasteiger partial charge in [-0.1, -0.05) is 118 Å². The van der Waals surface area contributed by atoms with Crippen LogP contribution in [0.25, 0.3) is 66.9 Å². The molecule has 8 N–H and O–H groups in total. The predicted octanol–water partition coefficient (Wildman–Crippen LogP) is 15.7. The van der Waals surface area contributed by atoms with Crippen molar-refractivity contribution in [1.29, 1.82) is 0 Å². The Hall–Kier alpha value is -12.7. The highest BCUT2D eigenvalue weighted by atomic mass is 16.5. The molecule has 6 aromatic heterocycles. The Bertz CT molecular complexity index is 5550. The molecule has 27 heteroatoms. The van der Waals surface area contributed by atoms with E-state index in [-0.39, 0.29) is 35.8 Å². The number of nitrogens with zero attached hydrogens (tertiary/aromatic N) is 16. The van der Waals surface area contributed by atoms with Crippen LogP contribution in [0.5, 0.6) is 34.5 Å². The highest BCUT2D eigenvalue weighted by Gasteiger charge is 2.34. The summed E-state index contributed by atoms with van der Waals surface area (Å²) >= 11 is 0. The van der Waals surface area contributed by atoms with Crippen molar-refractivity contribution in [1.82, 2.24) is 89.5 Å². The van der Waals surface area contributed by atoms with Crippen LogP contribution >= 0.6 is 0 Å². The monoisotopic (exact) mass is 1630 g/mol. The summed E-state index contributed by atoms with van der Waals surface area (Å²) in [7, 11) is 2.15. The van der Waals surface area contributed by atoms with E-state index in [9.17, 15) is 14.4 Å². The van der Waals surface area contributed by atoms with Gasteiger partial charge in [0.2, 0.25) is 17.7 Å². The predicted molar refractivity (Wildman–Crippen MR) is 472 cm³/mol. The first-order valence-corrected chi connectivity index (χ1v) is 42.9. The van der Waals surface area contributed by atoms with Gasteiger partial charge in [0.15, 0.2) is 16.9 Å². The first-order chi connectivity index (χ1) is 59.4. The van der Waals surface area contributed by atoms with Crippen molar-refractivity contribution in [2.45, 2.75) is 152 Å². The van der Waals surface area contributed by atoms with E-state index in [4.69, 9.17) is 46.7 Å². The number of hydrogen-bond acceptors (Lipinski definition) is 21. The summed E-state index contributed by atoms with van der Waals surface area (Å²) in [5, 5.41) is 24.2. The van der Waals surface area contributed by atoms with Crippen LogP contribution in [-0.2, 0) is 14.4 Å². The fourth-order valence-corrected chi connectivity index (χ4v) is 17.5. The Morgan fingerprint density at radius 2 is 0.702 bits per heavy atom. The van der Waals surface area contributed by atoms with Crippen molar-refractivity contribution >= 4 is 68.3 Å². The number of rotatable bonds is 24. The number of nitrogens with two attached hydrogens (primary N) is 3. The van der Waals surface area contributed by atoms with Gasteiger partial charge in [0, 0.05) is 112 Å². The van der Waals surface area contributed by atoms with E-state index in [0.29, 0.717) is 78.7 Å². The molecule has 12 aromatic rings. The van der Waals surface area contributed by atoms with Crippen molar-refractivity contribution in [2.24, 2.45) is 0 Å². The van der Waals surface area contributed by atoms with E-state index < -0.39 is 0 Å². The van der Waals surface area contributed by atoms with Crippen LogP contribution in [0.1, 0.15) is 134 Å². The molecule has 121 heavy (non-hydrogen) atoms. The largest absolute Gasteiger partial charge is 0.457 e. The Balaban J connectivity index is 0.000000135. The van der Waals surface area contributed by atoms with Gasteiger partial charge in [0.05, 0.1) is 34.3 Å². The normalized spacial score (nSPS) is 18.1. The molecular formula is C94H107N21O6. The minimum Gasteiger partial charge on any atom is -0.457 e. The Labute approximate surface area is 705 Å². The van der Waals surface area contributed by atoms with E-state index in [1.54, 1.807) is 18.2 Å². The summed E-state index contributed by atoms with van der Waals surface area (Å²) in [4.78, 5) is 73.5. The molecule has 3 aliphatic heterocycles. The number of carbonyl (C=O) groups excluding carboxylic acids is 3. The number of aromatic nitrogens is 12. The molecule has 18 rings (SSSR count). The van der Waals surface area contributed by atoms with Gasteiger partial charge in [0.1, 0.15) is 88.0 Å².